The zero-order chi connectivity index (χ0) is 20.7. The number of ether oxygens (including phenoxy) is 1. The van der Waals surface area contributed by atoms with E-state index in [4.69, 9.17) is 4.74 Å². The second kappa shape index (κ2) is 5.91. The predicted molar refractivity (Wildman–Crippen MR) is 101 cm³/mol. The molecule has 2 fully saturated rings. The Kier molecular flexibility index (Phi) is 3.65. The second-order valence-corrected chi connectivity index (χ2v) is 8.74. The van der Waals surface area contributed by atoms with E-state index in [0.717, 1.165) is 24.1 Å². The van der Waals surface area contributed by atoms with Crippen LogP contribution in [0.3, 0.4) is 0 Å². The highest BCUT2D eigenvalue weighted by molar-refractivity contribution is 5.69. The summed E-state index contributed by atoms with van der Waals surface area (Å²) in [6.45, 7) is 0.946. The highest BCUT2D eigenvalue weighted by atomic mass is 19.3. The van der Waals surface area contributed by atoms with Crippen LogP contribution in [0.5, 0.6) is 0 Å². The van der Waals surface area contributed by atoms with Crippen LogP contribution in [0.2, 0.25) is 0 Å². The summed E-state index contributed by atoms with van der Waals surface area (Å²) in [5.41, 5.74) is 3.42. The molecule has 1 aliphatic carbocycles. The monoisotopic (exact) mass is 420 g/mol. The van der Waals surface area contributed by atoms with Gasteiger partial charge in [-0.05, 0) is 30.0 Å². The zero-order valence-electron chi connectivity index (χ0n) is 16.2. The Morgan fingerprint density at radius 1 is 1.03 bits per heavy atom. The van der Waals surface area contributed by atoms with Crippen molar-refractivity contribution in [2.24, 2.45) is 0 Å². The van der Waals surface area contributed by atoms with Gasteiger partial charge in [0.25, 0.3) is 11.8 Å². The molecule has 0 atom stereocenters. The molecule has 1 N–H and O–H groups in total. The molecular weight excluding hydrogens is 400 g/mol. The maximum Gasteiger partial charge on any atom is 0.290 e. The van der Waals surface area contributed by atoms with E-state index >= 15 is 0 Å². The van der Waals surface area contributed by atoms with Crippen LogP contribution in [0, 0.1) is 0 Å². The lowest BCUT2D eigenvalue weighted by Crippen LogP contribution is -2.60. The van der Waals surface area contributed by atoms with Gasteiger partial charge in [-0.15, -0.1) is 0 Å². The van der Waals surface area contributed by atoms with Crippen LogP contribution in [0.25, 0.3) is 11.3 Å². The van der Waals surface area contributed by atoms with Gasteiger partial charge in [0.15, 0.2) is 0 Å². The van der Waals surface area contributed by atoms with E-state index in [-0.39, 0.29) is 30.0 Å². The van der Waals surface area contributed by atoms with E-state index in [9.17, 15) is 17.6 Å². The summed E-state index contributed by atoms with van der Waals surface area (Å²) in [5, 5.41) is 3.52. The first-order valence-corrected chi connectivity index (χ1v) is 10.2. The largest absolute Gasteiger partial charge is 0.377 e. The molecule has 1 aromatic heterocycles. The van der Waals surface area contributed by atoms with Crippen LogP contribution in [-0.2, 0) is 29.0 Å². The summed E-state index contributed by atoms with van der Waals surface area (Å²) in [5.74, 6) is -5.94. The molecule has 0 bridgehead atoms. The number of alkyl halides is 4. The van der Waals surface area contributed by atoms with Crippen molar-refractivity contribution in [3.63, 3.8) is 0 Å². The maximum absolute atomic E-state index is 14.5. The average molecular weight is 420 g/mol. The van der Waals surface area contributed by atoms with Crippen molar-refractivity contribution in [1.82, 2.24) is 15.3 Å². The Morgan fingerprint density at radius 2 is 1.83 bits per heavy atom. The van der Waals surface area contributed by atoms with Gasteiger partial charge in [-0.3, -0.25) is 0 Å². The molecule has 1 aromatic carbocycles. The van der Waals surface area contributed by atoms with E-state index in [0.29, 0.717) is 24.5 Å². The van der Waals surface area contributed by atoms with E-state index < -0.39 is 24.9 Å². The highest BCUT2D eigenvalue weighted by Crippen LogP contribution is 2.46. The number of rotatable bonds is 2. The number of benzene rings is 1. The molecule has 9 heteroatoms. The molecule has 0 amide bonds. The molecule has 2 saturated heterocycles. The highest BCUT2D eigenvalue weighted by Gasteiger charge is 2.48. The normalized spacial score (nSPS) is 24.7. The van der Waals surface area contributed by atoms with Gasteiger partial charge in [0, 0.05) is 24.1 Å². The second-order valence-electron chi connectivity index (χ2n) is 8.74. The smallest absolute Gasteiger partial charge is 0.290 e. The van der Waals surface area contributed by atoms with Crippen molar-refractivity contribution < 1.29 is 22.3 Å². The number of anilines is 1. The van der Waals surface area contributed by atoms with Gasteiger partial charge in [-0.1, -0.05) is 12.1 Å². The molecule has 0 radical (unpaired) electrons. The predicted octanol–water partition coefficient (Wildman–Crippen LogP) is 3.01. The number of hydrogen-bond donors (Lipinski definition) is 1. The topological polar surface area (TPSA) is 50.3 Å². The number of fused-ring (bicyclic) bond motifs is 3. The minimum absolute atomic E-state index is 0.0421. The first-order valence-electron chi connectivity index (χ1n) is 10.2. The number of nitrogens with one attached hydrogen (secondary N) is 1. The Balaban J connectivity index is 1.46. The lowest BCUT2D eigenvalue weighted by Gasteiger charge is -2.46. The van der Waals surface area contributed by atoms with Gasteiger partial charge in [0.2, 0.25) is 5.95 Å². The molecule has 0 unspecified atom stereocenters. The van der Waals surface area contributed by atoms with Gasteiger partial charge < -0.3 is 15.0 Å². The molecule has 4 heterocycles. The molecule has 158 valence electrons. The number of aromatic nitrogens is 2. The van der Waals surface area contributed by atoms with Crippen molar-refractivity contribution in [3.05, 3.63) is 40.6 Å². The number of halogens is 4. The standard InChI is InChI=1S/C21H20F4N4O/c22-20(23)8-29(9-20)18-27-16(14-3-5-21(24,25)17(14)28-18)13-1-2-15-12(7-13)4-6-26-19(15)10-30-11-19/h1-2,7,26H,3-6,8-11H2. The van der Waals surface area contributed by atoms with Crippen LogP contribution >= 0.6 is 0 Å². The van der Waals surface area contributed by atoms with Crippen LogP contribution in [-0.4, -0.2) is 48.7 Å². The fraction of sp³-hybridized carbons (Fsp3) is 0.524. The van der Waals surface area contributed by atoms with E-state index in [1.54, 1.807) is 0 Å². The molecule has 3 aliphatic heterocycles. The molecule has 1 spiro atoms. The lowest BCUT2D eigenvalue weighted by atomic mass is 9.80. The summed E-state index contributed by atoms with van der Waals surface area (Å²) in [4.78, 5) is 9.78. The quantitative estimate of drug-likeness (QED) is 0.757. The van der Waals surface area contributed by atoms with Gasteiger partial charge in [-0.2, -0.15) is 8.78 Å². The maximum atomic E-state index is 14.5. The summed E-state index contributed by atoms with van der Waals surface area (Å²) in [6.07, 6.45) is 0.656. The summed E-state index contributed by atoms with van der Waals surface area (Å²) in [7, 11) is 0. The van der Waals surface area contributed by atoms with E-state index in [2.05, 4.69) is 15.3 Å². The molecule has 5 nitrogen and oxygen atoms in total. The van der Waals surface area contributed by atoms with Gasteiger partial charge in [0.05, 0.1) is 37.5 Å². The molecule has 4 aliphatic rings. The van der Waals surface area contributed by atoms with E-state index in [1.165, 1.54) is 10.5 Å². The summed E-state index contributed by atoms with van der Waals surface area (Å²) < 4.78 is 61.1. The van der Waals surface area contributed by atoms with E-state index in [1.807, 2.05) is 18.2 Å². The van der Waals surface area contributed by atoms with Crippen molar-refractivity contribution in [1.29, 1.82) is 0 Å². The van der Waals surface area contributed by atoms with Crippen molar-refractivity contribution in [2.75, 3.05) is 37.7 Å². The number of hydrogen-bond acceptors (Lipinski definition) is 5. The average Bonchev–Trinajstić information content (AvgIpc) is 2.98. The summed E-state index contributed by atoms with van der Waals surface area (Å²) >= 11 is 0. The Morgan fingerprint density at radius 3 is 2.53 bits per heavy atom. The first-order chi connectivity index (χ1) is 14.3. The zero-order valence-corrected chi connectivity index (χ0v) is 16.2. The van der Waals surface area contributed by atoms with Crippen molar-refractivity contribution in [2.45, 2.75) is 36.6 Å². The van der Waals surface area contributed by atoms with Gasteiger partial charge in [0.1, 0.15) is 5.69 Å². The third kappa shape index (κ3) is 2.61. The molecule has 30 heavy (non-hydrogen) atoms. The minimum atomic E-state index is -3.07. The molecule has 6 rings (SSSR count). The van der Waals surface area contributed by atoms with Crippen LogP contribution in [0.1, 0.15) is 28.8 Å². The van der Waals surface area contributed by atoms with Crippen molar-refractivity contribution in [3.8, 4) is 11.3 Å². The minimum Gasteiger partial charge on any atom is -0.377 e. The van der Waals surface area contributed by atoms with Crippen LogP contribution in [0.4, 0.5) is 23.5 Å². The van der Waals surface area contributed by atoms with Gasteiger partial charge in [-0.25, -0.2) is 18.7 Å². The van der Waals surface area contributed by atoms with Gasteiger partial charge >= 0.3 is 0 Å². The Hall–Kier alpha value is -2.26. The van der Waals surface area contributed by atoms with Crippen LogP contribution in [0.15, 0.2) is 18.2 Å². The fourth-order valence-corrected chi connectivity index (χ4v) is 4.96. The summed E-state index contributed by atoms with van der Waals surface area (Å²) in [6, 6.07) is 5.90. The lowest BCUT2D eigenvalue weighted by molar-refractivity contribution is -0.0814. The molecule has 2 aromatic rings. The number of nitrogens with zero attached hydrogens (tertiary/aromatic N) is 3. The SMILES string of the molecule is FC1(F)CN(c2nc(-c3ccc4c(c3)CCNC43COC3)c3c(n2)C(F)(F)CC3)C1. The fourth-order valence-electron chi connectivity index (χ4n) is 4.96. The van der Waals surface area contributed by atoms with Crippen molar-refractivity contribution >= 4 is 5.95 Å². The molecular formula is C21H20F4N4O. The molecule has 0 saturated carbocycles. The third-order valence-electron chi connectivity index (χ3n) is 6.61. The Labute approximate surface area is 170 Å². The third-order valence-corrected chi connectivity index (χ3v) is 6.61. The first kappa shape index (κ1) is 18.5. The van der Waals surface area contributed by atoms with Crippen LogP contribution < -0.4 is 10.2 Å². The Bertz CT molecular complexity index is 1050.